The average Bonchev–Trinajstić information content (AvgIpc) is 2.16. The van der Waals surface area contributed by atoms with Crippen molar-refractivity contribution in [3.05, 3.63) is 33.0 Å². The van der Waals surface area contributed by atoms with Gasteiger partial charge in [-0.25, -0.2) is 4.39 Å². The van der Waals surface area contributed by atoms with E-state index in [1.165, 1.54) is 0 Å². The van der Waals surface area contributed by atoms with Gasteiger partial charge in [0.2, 0.25) is 0 Å². The number of halogens is 2. The standard InChI is InChI=1S/C12H17BrFN/c1-7(4-5-15)11-9(3)10(13)6-8(2)12(11)14/h6-7H,4-5,15H2,1-3H3. The largest absolute Gasteiger partial charge is 0.330 e. The Labute approximate surface area is 99.0 Å². The second-order valence-electron chi connectivity index (χ2n) is 4.01. The van der Waals surface area contributed by atoms with Crippen LogP contribution in [0.15, 0.2) is 10.5 Å². The molecule has 84 valence electrons. The summed E-state index contributed by atoms with van der Waals surface area (Å²) < 4.78 is 14.9. The minimum absolute atomic E-state index is 0.0864. The van der Waals surface area contributed by atoms with Crippen LogP contribution in [0.25, 0.3) is 0 Å². The second kappa shape index (κ2) is 5.08. The summed E-state index contributed by atoms with van der Waals surface area (Å²) in [6, 6.07) is 1.82. The number of benzene rings is 1. The summed E-state index contributed by atoms with van der Waals surface area (Å²) in [5.74, 6) is 0.0860. The maximum atomic E-state index is 14.0. The van der Waals surface area contributed by atoms with Crippen LogP contribution in [-0.4, -0.2) is 6.54 Å². The molecule has 0 spiro atoms. The molecule has 0 aliphatic rings. The van der Waals surface area contributed by atoms with Gasteiger partial charge in [0.15, 0.2) is 0 Å². The lowest BCUT2D eigenvalue weighted by Gasteiger charge is -2.17. The topological polar surface area (TPSA) is 26.0 Å². The van der Waals surface area contributed by atoms with Crippen molar-refractivity contribution >= 4 is 15.9 Å². The third kappa shape index (κ3) is 2.58. The molecule has 3 heteroatoms. The number of aryl methyl sites for hydroxylation is 1. The van der Waals surface area contributed by atoms with E-state index in [0.717, 1.165) is 22.0 Å². The highest BCUT2D eigenvalue weighted by Crippen LogP contribution is 2.32. The Bertz CT molecular complexity index is 337. The highest BCUT2D eigenvalue weighted by Gasteiger charge is 2.17. The van der Waals surface area contributed by atoms with E-state index in [0.29, 0.717) is 12.1 Å². The molecule has 0 aromatic heterocycles. The van der Waals surface area contributed by atoms with Gasteiger partial charge in [0.1, 0.15) is 5.82 Å². The molecular weight excluding hydrogens is 257 g/mol. The Morgan fingerprint density at radius 2 is 2.07 bits per heavy atom. The van der Waals surface area contributed by atoms with E-state index in [4.69, 9.17) is 5.73 Å². The zero-order valence-electron chi connectivity index (χ0n) is 9.40. The summed E-state index contributed by atoms with van der Waals surface area (Å²) in [7, 11) is 0. The smallest absolute Gasteiger partial charge is 0.129 e. The second-order valence-corrected chi connectivity index (χ2v) is 4.86. The maximum Gasteiger partial charge on any atom is 0.129 e. The van der Waals surface area contributed by atoms with Crippen molar-refractivity contribution in [3.63, 3.8) is 0 Å². The van der Waals surface area contributed by atoms with Crippen molar-refractivity contribution in [2.45, 2.75) is 33.1 Å². The molecular formula is C12H17BrFN. The number of hydrogen-bond acceptors (Lipinski definition) is 1. The summed E-state index contributed by atoms with van der Waals surface area (Å²) in [4.78, 5) is 0. The van der Waals surface area contributed by atoms with Gasteiger partial charge in [0.25, 0.3) is 0 Å². The van der Waals surface area contributed by atoms with Gasteiger partial charge in [0.05, 0.1) is 0 Å². The monoisotopic (exact) mass is 273 g/mol. The molecule has 0 radical (unpaired) electrons. The first-order chi connectivity index (χ1) is 6.99. The fraction of sp³-hybridized carbons (Fsp3) is 0.500. The lowest BCUT2D eigenvalue weighted by molar-refractivity contribution is 0.566. The highest BCUT2D eigenvalue weighted by atomic mass is 79.9. The zero-order chi connectivity index (χ0) is 11.6. The minimum atomic E-state index is -0.0864. The van der Waals surface area contributed by atoms with Crippen LogP contribution in [-0.2, 0) is 0 Å². The van der Waals surface area contributed by atoms with E-state index in [9.17, 15) is 4.39 Å². The molecule has 1 unspecified atom stereocenters. The van der Waals surface area contributed by atoms with E-state index >= 15 is 0 Å². The molecule has 0 aliphatic heterocycles. The molecule has 1 atom stereocenters. The molecule has 1 nitrogen and oxygen atoms in total. The van der Waals surface area contributed by atoms with Crippen LogP contribution in [0.1, 0.15) is 36.0 Å². The van der Waals surface area contributed by atoms with Crippen LogP contribution in [0, 0.1) is 19.7 Å². The quantitative estimate of drug-likeness (QED) is 0.894. The zero-order valence-corrected chi connectivity index (χ0v) is 11.0. The molecule has 0 saturated carbocycles. The fourth-order valence-electron chi connectivity index (χ4n) is 1.85. The van der Waals surface area contributed by atoms with Gasteiger partial charge < -0.3 is 5.73 Å². The first-order valence-corrected chi connectivity index (χ1v) is 5.93. The molecule has 1 aromatic rings. The molecule has 0 bridgehead atoms. The third-order valence-corrected chi connectivity index (χ3v) is 3.60. The summed E-state index contributed by atoms with van der Waals surface area (Å²) in [5.41, 5.74) is 7.98. The number of nitrogens with two attached hydrogens (primary N) is 1. The summed E-state index contributed by atoms with van der Waals surface area (Å²) >= 11 is 3.45. The Morgan fingerprint density at radius 1 is 1.47 bits per heavy atom. The van der Waals surface area contributed by atoms with Crippen molar-refractivity contribution in [1.29, 1.82) is 0 Å². The van der Waals surface area contributed by atoms with Crippen LogP contribution in [0.4, 0.5) is 4.39 Å². The summed E-state index contributed by atoms with van der Waals surface area (Å²) in [6.45, 7) is 6.34. The first-order valence-electron chi connectivity index (χ1n) is 5.14. The SMILES string of the molecule is Cc1cc(Br)c(C)c(C(C)CCN)c1F. The molecule has 1 aromatic carbocycles. The van der Waals surface area contributed by atoms with Crippen LogP contribution in [0.2, 0.25) is 0 Å². The van der Waals surface area contributed by atoms with Gasteiger partial charge in [-0.05, 0) is 55.5 Å². The summed E-state index contributed by atoms with van der Waals surface area (Å²) in [5, 5.41) is 0. The fourth-order valence-corrected chi connectivity index (χ4v) is 2.40. The lowest BCUT2D eigenvalue weighted by Crippen LogP contribution is -2.09. The minimum Gasteiger partial charge on any atom is -0.330 e. The highest BCUT2D eigenvalue weighted by molar-refractivity contribution is 9.10. The van der Waals surface area contributed by atoms with E-state index in [2.05, 4.69) is 15.9 Å². The van der Waals surface area contributed by atoms with Crippen LogP contribution < -0.4 is 5.73 Å². The Balaban J connectivity index is 3.26. The molecule has 2 N–H and O–H groups in total. The maximum absolute atomic E-state index is 14.0. The normalized spacial score (nSPS) is 12.9. The summed E-state index contributed by atoms with van der Waals surface area (Å²) in [6.07, 6.45) is 0.813. The van der Waals surface area contributed by atoms with E-state index in [1.54, 1.807) is 6.92 Å². The third-order valence-electron chi connectivity index (χ3n) is 2.78. The average molecular weight is 274 g/mol. The van der Waals surface area contributed by atoms with Gasteiger partial charge in [-0.2, -0.15) is 0 Å². The van der Waals surface area contributed by atoms with Crippen molar-refractivity contribution < 1.29 is 4.39 Å². The molecule has 1 rings (SSSR count). The van der Waals surface area contributed by atoms with Crippen molar-refractivity contribution in [2.24, 2.45) is 5.73 Å². The number of rotatable bonds is 3. The van der Waals surface area contributed by atoms with Gasteiger partial charge >= 0.3 is 0 Å². The Hall–Kier alpha value is -0.410. The molecule has 0 aliphatic carbocycles. The van der Waals surface area contributed by atoms with Crippen LogP contribution in [0.5, 0.6) is 0 Å². The van der Waals surface area contributed by atoms with E-state index in [-0.39, 0.29) is 11.7 Å². The first kappa shape index (κ1) is 12.7. The van der Waals surface area contributed by atoms with Gasteiger partial charge in [0, 0.05) is 4.47 Å². The molecule has 0 amide bonds. The Kier molecular flexibility index (Phi) is 4.29. The van der Waals surface area contributed by atoms with Crippen molar-refractivity contribution in [2.75, 3.05) is 6.54 Å². The number of hydrogen-bond donors (Lipinski definition) is 1. The molecule has 0 saturated heterocycles. The van der Waals surface area contributed by atoms with Gasteiger partial charge in [-0.3, -0.25) is 0 Å². The van der Waals surface area contributed by atoms with E-state index < -0.39 is 0 Å². The molecule has 15 heavy (non-hydrogen) atoms. The Morgan fingerprint density at radius 3 is 2.60 bits per heavy atom. The van der Waals surface area contributed by atoms with Crippen LogP contribution in [0.3, 0.4) is 0 Å². The molecule has 0 fully saturated rings. The van der Waals surface area contributed by atoms with E-state index in [1.807, 2.05) is 19.9 Å². The van der Waals surface area contributed by atoms with Crippen molar-refractivity contribution in [3.8, 4) is 0 Å². The predicted octanol–water partition coefficient (Wildman–Crippen LogP) is 3.66. The van der Waals surface area contributed by atoms with Gasteiger partial charge in [-0.1, -0.05) is 22.9 Å². The lowest BCUT2D eigenvalue weighted by atomic mass is 9.91. The van der Waals surface area contributed by atoms with Gasteiger partial charge in [-0.15, -0.1) is 0 Å². The van der Waals surface area contributed by atoms with Crippen LogP contribution >= 0.6 is 15.9 Å². The predicted molar refractivity (Wildman–Crippen MR) is 65.7 cm³/mol. The van der Waals surface area contributed by atoms with Crippen molar-refractivity contribution in [1.82, 2.24) is 0 Å². The molecule has 0 heterocycles.